The van der Waals surface area contributed by atoms with Gasteiger partial charge in [-0.15, -0.1) is 11.3 Å². The predicted octanol–water partition coefficient (Wildman–Crippen LogP) is 2.26. The summed E-state index contributed by atoms with van der Waals surface area (Å²) < 4.78 is 10.3. The fourth-order valence-corrected chi connectivity index (χ4v) is 3.39. The zero-order valence-corrected chi connectivity index (χ0v) is 14.9. The third-order valence-corrected chi connectivity index (χ3v) is 4.88. The number of para-hydroxylation sites is 2. The summed E-state index contributed by atoms with van der Waals surface area (Å²) in [5, 5.41) is 7.37. The highest BCUT2D eigenvalue weighted by Gasteiger charge is 2.30. The van der Waals surface area contributed by atoms with E-state index in [1.165, 1.54) is 18.4 Å². The summed E-state index contributed by atoms with van der Waals surface area (Å²) >= 11 is 1.43. The highest BCUT2D eigenvalue weighted by molar-refractivity contribution is 7.10. The standard InChI is InChI=1S/C18H18N2O5S/c1-24-17(22)9-12(15-7-4-8-26-15)19-16(21)10-14-18(23)20-11-5-2-3-6-13(11)25-14/h2-8,12,14H,9-10H2,1H3,(H,19,21)(H,20,23)/t12-,14-/m1/s1. The van der Waals surface area contributed by atoms with Crippen molar-refractivity contribution in [2.24, 2.45) is 0 Å². The van der Waals surface area contributed by atoms with Crippen molar-refractivity contribution in [3.8, 4) is 5.75 Å². The Hall–Kier alpha value is -2.87. The molecule has 2 heterocycles. The molecule has 3 rings (SSSR count). The summed E-state index contributed by atoms with van der Waals surface area (Å²) in [5.74, 6) is -0.662. The molecule has 2 amide bonds. The van der Waals surface area contributed by atoms with E-state index in [1.54, 1.807) is 24.3 Å². The first-order chi connectivity index (χ1) is 12.6. The molecule has 2 aromatic rings. The van der Waals surface area contributed by atoms with Gasteiger partial charge in [0.15, 0.2) is 6.10 Å². The fraction of sp³-hybridized carbons (Fsp3) is 0.278. The Morgan fingerprint density at radius 1 is 1.31 bits per heavy atom. The highest BCUT2D eigenvalue weighted by Crippen LogP contribution is 2.30. The van der Waals surface area contributed by atoms with E-state index in [1.807, 2.05) is 17.5 Å². The molecule has 2 N–H and O–H groups in total. The molecule has 26 heavy (non-hydrogen) atoms. The van der Waals surface area contributed by atoms with Gasteiger partial charge in [-0.1, -0.05) is 18.2 Å². The number of carbonyl (C=O) groups is 3. The second kappa shape index (κ2) is 8.01. The highest BCUT2D eigenvalue weighted by atomic mass is 32.1. The molecular weight excluding hydrogens is 356 g/mol. The number of hydrogen-bond donors (Lipinski definition) is 2. The number of nitrogens with one attached hydrogen (secondary N) is 2. The number of benzene rings is 1. The third-order valence-electron chi connectivity index (χ3n) is 3.90. The van der Waals surface area contributed by atoms with Crippen LogP contribution in [0, 0.1) is 0 Å². The van der Waals surface area contributed by atoms with Crippen molar-refractivity contribution in [2.75, 3.05) is 12.4 Å². The minimum atomic E-state index is -0.924. The molecule has 1 aliphatic heterocycles. The van der Waals surface area contributed by atoms with Gasteiger partial charge in [0.25, 0.3) is 5.91 Å². The van der Waals surface area contributed by atoms with Crippen LogP contribution in [-0.2, 0) is 19.1 Å². The summed E-state index contributed by atoms with van der Waals surface area (Å²) in [6, 6.07) is 10.2. The van der Waals surface area contributed by atoms with Crippen LogP contribution in [0.2, 0.25) is 0 Å². The molecule has 0 spiro atoms. The lowest BCUT2D eigenvalue weighted by molar-refractivity contribution is -0.141. The normalized spacial score (nSPS) is 16.7. The number of carbonyl (C=O) groups excluding carboxylic acids is 3. The van der Waals surface area contributed by atoms with Gasteiger partial charge in [0.1, 0.15) is 5.75 Å². The Labute approximate surface area is 154 Å². The molecular formula is C18H18N2O5S. The van der Waals surface area contributed by atoms with Crippen LogP contribution in [0.15, 0.2) is 41.8 Å². The van der Waals surface area contributed by atoms with Crippen molar-refractivity contribution in [3.63, 3.8) is 0 Å². The maximum atomic E-state index is 12.4. The van der Waals surface area contributed by atoms with Gasteiger partial charge in [-0.05, 0) is 23.6 Å². The van der Waals surface area contributed by atoms with Gasteiger partial charge < -0.3 is 20.1 Å². The number of amides is 2. The van der Waals surface area contributed by atoms with Crippen LogP contribution in [0.5, 0.6) is 5.75 Å². The first kappa shape index (κ1) is 17.9. The van der Waals surface area contributed by atoms with Crippen molar-refractivity contribution < 1.29 is 23.9 Å². The van der Waals surface area contributed by atoms with Gasteiger partial charge in [-0.3, -0.25) is 14.4 Å². The topological polar surface area (TPSA) is 93.7 Å². The Kier molecular flexibility index (Phi) is 5.52. The summed E-state index contributed by atoms with van der Waals surface area (Å²) in [6.45, 7) is 0. The van der Waals surface area contributed by atoms with Gasteiger partial charge in [-0.2, -0.15) is 0 Å². The van der Waals surface area contributed by atoms with Crippen molar-refractivity contribution in [3.05, 3.63) is 46.7 Å². The molecule has 7 nitrogen and oxygen atoms in total. The van der Waals surface area contributed by atoms with Crippen molar-refractivity contribution in [2.45, 2.75) is 25.0 Å². The van der Waals surface area contributed by atoms with Gasteiger partial charge in [0, 0.05) is 4.88 Å². The molecule has 1 aromatic heterocycles. The lowest BCUT2D eigenvalue weighted by Gasteiger charge is -2.26. The Morgan fingerprint density at radius 3 is 2.85 bits per heavy atom. The summed E-state index contributed by atoms with van der Waals surface area (Å²) in [5.41, 5.74) is 0.580. The summed E-state index contributed by atoms with van der Waals surface area (Å²) in [6.07, 6.45) is -1.06. The molecule has 0 saturated heterocycles. The first-order valence-corrected chi connectivity index (χ1v) is 8.91. The Morgan fingerprint density at radius 2 is 2.12 bits per heavy atom. The average molecular weight is 374 g/mol. The largest absolute Gasteiger partial charge is 0.478 e. The second-order valence-electron chi connectivity index (χ2n) is 5.71. The average Bonchev–Trinajstić information content (AvgIpc) is 3.16. The smallest absolute Gasteiger partial charge is 0.307 e. The molecule has 0 radical (unpaired) electrons. The van der Waals surface area contributed by atoms with Crippen LogP contribution < -0.4 is 15.4 Å². The molecule has 0 bridgehead atoms. The van der Waals surface area contributed by atoms with E-state index in [4.69, 9.17) is 9.47 Å². The van der Waals surface area contributed by atoms with Crippen molar-refractivity contribution >= 4 is 34.8 Å². The minimum Gasteiger partial charge on any atom is -0.478 e. The molecule has 0 aliphatic carbocycles. The van der Waals surface area contributed by atoms with E-state index in [-0.39, 0.29) is 24.7 Å². The number of thiophene rings is 1. The van der Waals surface area contributed by atoms with E-state index in [9.17, 15) is 14.4 Å². The van der Waals surface area contributed by atoms with Crippen LogP contribution in [-0.4, -0.2) is 31.0 Å². The van der Waals surface area contributed by atoms with Crippen LogP contribution in [0.25, 0.3) is 0 Å². The zero-order valence-electron chi connectivity index (χ0n) is 14.1. The zero-order chi connectivity index (χ0) is 18.5. The number of methoxy groups -OCH3 is 1. The summed E-state index contributed by atoms with van der Waals surface area (Å²) in [7, 11) is 1.30. The van der Waals surface area contributed by atoms with Crippen LogP contribution >= 0.6 is 11.3 Å². The predicted molar refractivity (Wildman–Crippen MR) is 95.9 cm³/mol. The van der Waals surface area contributed by atoms with E-state index in [0.29, 0.717) is 11.4 Å². The van der Waals surface area contributed by atoms with Crippen LogP contribution in [0.1, 0.15) is 23.8 Å². The molecule has 0 unspecified atom stereocenters. The summed E-state index contributed by atoms with van der Waals surface area (Å²) in [4.78, 5) is 37.0. The molecule has 2 atom stereocenters. The molecule has 0 saturated carbocycles. The third kappa shape index (κ3) is 4.20. The van der Waals surface area contributed by atoms with Crippen molar-refractivity contribution in [1.29, 1.82) is 0 Å². The maximum Gasteiger partial charge on any atom is 0.307 e. The molecule has 136 valence electrons. The van der Waals surface area contributed by atoms with Crippen LogP contribution in [0.4, 0.5) is 5.69 Å². The van der Waals surface area contributed by atoms with Gasteiger partial charge in [0.2, 0.25) is 5.91 Å². The molecule has 8 heteroatoms. The number of esters is 1. The SMILES string of the molecule is COC(=O)C[C@@H](NC(=O)C[C@H]1Oc2ccccc2NC1=O)c1cccs1. The quantitative estimate of drug-likeness (QED) is 0.757. The van der Waals surface area contributed by atoms with Crippen LogP contribution in [0.3, 0.4) is 0 Å². The van der Waals surface area contributed by atoms with E-state index in [0.717, 1.165) is 4.88 Å². The molecule has 0 fully saturated rings. The Bertz CT molecular complexity index is 806. The van der Waals surface area contributed by atoms with Gasteiger partial charge in [-0.25, -0.2) is 0 Å². The maximum absolute atomic E-state index is 12.4. The fourth-order valence-electron chi connectivity index (χ4n) is 2.61. The van der Waals surface area contributed by atoms with E-state index < -0.39 is 18.1 Å². The molecule has 1 aliphatic rings. The first-order valence-electron chi connectivity index (χ1n) is 8.03. The number of rotatable bonds is 6. The minimum absolute atomic E-state index is 0.0172. The van der Waals surface area contributed by atoms with Gasteiger partial charge in [0.05, 0.1) is 31.7 Å². The number of hydrogen-bond acceptors (Lipinski definition) is 6. The lowest BCUT2D eigenvalue weighted by Crippen LogP contribution is -2.41. The lowest BCUT2D eigenvalue weighted by atomic mass is 10.1. The van der Waals surface area contributed by atoms with E-state index >= 15 is 0 Å². The number of ether oxygens (including phenoxy) is 2. The number of anilines is 1. The van der Waals surface area contributed by atoms with Gasteiger partial charge >= 0.3 is 5.97 Å². The molecule has 1 aromatic carbocycles. The van der Waals surface area contributed by atoms with E-state index in [2.05, 4.69) is 10.6 Å². The Balaban J connectivity index is 1.65. The second-order valence-corrected chi connectivity index (χ2v) is 6.69. The van der Waals surface area contributed by atoms with Crippen molar-refractivity contribution in [1.82, 2.24) is 5.32 Å². The monoisotopic (exact) mass is 374 g/mol. The number of fused-ring (bicyclic) bond motifs is 1.